The highest BCUT2D eigenvalue weighted by Crippen LogP contribution is 2.30. The molecule has 0 bridgehead atoms. The largest absolute Gasteiger partial charge is 0.377 e. The molecule has 0 heterocycles. The molecule has 1 fully saturated rings. The van der Waals surface area contributed by atoms with E-state index in [-0.39, 0.29) is 10.6 Å². The lowest BCUT2D eigenvalue weighted by molar-refractivity contribution is -0.384. The first-order valence-electron chi connectivity index (χ1n) is 6.76. The molecule has 1 aliphatic rings. The van der Waals surface area contributed by atoms with Crippen LogP contribution < -0.4 is 5.32 Å². The Morgan fingerprint density at radius 3 is 2.84 bits per heavy atom. The molecule has 1 aromatic carbocycles. The molecule has 2 unspecified atom stereocenters. The lowest BCUT2D eigenvalue weighted by atomic mass is 10.0. The topological polar surface area (TPSA) is 55.2 Å². The number of nitro groups is 1. The van der Waals surface area contributed by atoms with Gasteiger partial charge in [-0.25, -0.2) is 0 Å². The summed E-state index contributed by atoms with van der Waals surface area (Å²) in [6.45, 7) is 2.29. The Labute approximate surface area is 127 Å². The normalized spacial score (nSPS) is 23.7. The van der Waals surface area contributed by atoms with Crippen molar-refractivity contribution < 1.29 is 4.92 Å². The fraction of sp³-hybridized carbons (Fsp3) is 0.571. The Hall–Kier alpha value is -0.850. The summed E-state index contributed by atoms with van der Waals surface area (Å²) in [5, 5.41) is 14.5. The summed E-state index contributed by atoms with van der Waals surface area (Å²) in [6.07, 6.45) is 5.89. The second kappa shape index (κ2) is 6.54. The summed E-state index contributed by atoms with van der Waals surface area (Å²) >= 11 is 2.10. The van der Waals surface area contributed by atoms with Crippen LogP contribution in [0.3, 0.4) is 0 Å². The maximum Gasteiger partial charge on any atom is 0.293 e. The SMILES string of the molecule is CC1CCCC(Nc2ccc(I)cc2[N+](=O)[O-])CC1. The molecular formula is C14H19IN2O2. The third-order valence-electron chi connectivity index (χ3n) is 3.77. The molecule has 2 rings (SSSR count). The zero-order chi connectivity index (χ0) is 13.8. The van der Waals surface area contributed by atoms with Gasteiger partial charge < -0.3 is 5.32 Å². The molecule has 2 atom stereocenters. The predicted octanol–water partition coefficient (Wildman–Crippen LogP) is 4.58. The van der Waals surface area contributed by atoms with Crippen molar-refractivity contribution in [2.24, 2.45) is 5.92 Å². The lowest BCUT2D eigenvalue weighted by Gasteiger charge is -2.17. The van der Waals surface area contributed by atoms with Crippen LogP contribution in [-0.2, 0) is 0 Å². The van der Waals surface area contributed by atoms with Crippen LogP contribution in [0.5, 0.6) is 0 Å². The van der Waals surface area contributed by atoms with E-state index in [2.05, 4.69) is 34.8 Å². The van der Waals surface area contributed by atoms with E-state index >= 15 is 0 Å². The van der Waals surface area contributed by atoms with Gasteiger partial charge in [-0.15, -0.1) is 0 Å². The molecular weight excluding hydrogens is 355 g/mol. The first-order chi connectivity index (χ1) is 9.06. The van der Waals surface area contributed by atoms with Crippen LogP contribution in [-0.4, -0.2) is 11.0 Å². The van der Waals surface area contributed by atoms with Crippen LogP contribution in [0.1, 0.15) is 39.0 Å². The minimum absolute atomic E-state index is 0.184. The number of nitrogens with one attached hydrogen (secondary N) is 1. The highest BCUT2D eigenvalue weighted by atomic mass is 127. The number of halogens is 1. The molecule has 0 spiro atoms. The summed E-state index contributed by atoms with van der Waals surface area (Å²) in [4.78, 5) is 10.8. The van der Waals surface area contributed by atoms with Crippen molar-refractivity contribution in [1.82, 2.24) is 0 Å². The molecule has 1 aromatic rings. The van der Waals surface area contributed by atoms with Crippen LogP contribution in [0, 0.1) is 19.6 Å². The summed E-state index contributed by atoms with van der Waals surface area (Å²) in [5.41, 5.74) is 0.842. The summed E-state index contributed by atoms with van der Waals surface area (Å²) < 4.78 is 0.893. The van der Waals surface area contributed by atoms with Crippen LogP contribution in [0.25, 0.3) is 0 Å². The monoisotopic (exact) mass is 374 g/mol. The Balaban J connectivity index is 2.12. The maximum absolute atomic E-state index is 11.1. The van der Waals surface area contributed by atoms with E-state index in [0.29, 0.717) is 11.7 Å². The fourth-order valence-electron chi connectivity index (χ4n) is 2.63. The molecule has 0 radical (unpaired) electrons. The van der Waals surface area contributed by atoms with Crippen molar-refractivity contribution in [3.05, 3.63) is 31.9 Å². The third-order valence-corrected chi connectivity index (χ3v) is 4.44. The third kappa shape index (κ3) is 4.06. The average molecular weight is 374 g/mol. The van der Waals surface area contributed by atoms with Gasteiger partial charge in [-0.1, -0.05) is 19.8 Å². The lowest BCUT2D eigenvalue weighted by Crippen LogP contribution is -2.19. The number of anilines is 1. The van der Waals surface area contributed by atoms with E-state index in [1.165, 1.54) is 19.3 Å². The number of hydrogen-bond donors (Lipinski definition) is 1. The Bertz CT molecular complexity index is 465. The standard InChI is InChI=1S/C14H19IN2O2/c1-10-3-2-4-12(7-5-10)16-13-8-6-11(15)9-14(13)17(18)19/h6,8-10,12,16H,2-5,7H2,1H3. The Morgan fingerprint density at radius 2 is 2.11 bits per heavy atom. The first-order valence-corrected chi connectivity index (χ1v) is 7.84. The van der Waals surface area contributed by atoms with Gasteiger partial charge in [0, 0.05) is 15.7 Å². The van der Waals surface area contributed by atoms with E-state index in [0.717, 1.165) is 22.3 Å². The molecule has 19 heavy (non-hydrogen) atoms. The maximum atomic E-state index is 11.1. The Morgan fingerprint density at radius 1 is 1.32 bits per heavy atom. The fourth-order valence-corrected chi connectivity index (χ4v) is 3.10. The van der Waals surface area contributed by atoms with Gasteiger partial charge in [0.25, 0.3) is 5.69 Å². The molecule has 0 aromatic heterocycles. The molecule has 1 aliphatic carbocycles. The van der Waals surface area contributed by atoms with Crippen molar-refractivity contribution in [2.75, 3.05) is 5.32 Å². The minimum Gasteiger partial charge on any atom is -0.377 e. The van der Waals surface area contributed by atoms with Gasteiger partial charge in [-0.3, -0.25) is 10.1 Å². The van der Waals surface area contributed by atoms with Crippen molar-refractivity contribution in [2.45, 2.75) is 45.1 Å². The summed E-state index contributed by atoms with van der Waals surface area (Å²) in [7, 11) is 0. The number of nitro benzene ring substituents is 1. The van der Waals surface area contributed by atoms with E-state index in [1.807, 2.05) is 12.1 Å². The number of benzene rings is 1. The van der Waals surface area contributed by atoms with Gasteiger partial charge in [0.2, 0.25) is 0 Å². The van der Waals surface area contributed by atoms with Crippen molar-refractivity contribution in [1.29, 1.82) is 0 Å². The van der Waals surface area contributed by atoms with Crippen LogP contribution in [0.4, 0.5) is 11.4 Å². The zero-order valence-electron chi connectivity index (χ0n) is 11.1. The molecule has 0 aliphatic heterocycles. The summed E-state index contributed by atoms with van der Waals surface area (Å²) in [6, 6.07) is 5.73. The molecule has 5 heteroatoms. The molecule has 0 saturated heterocycles. The first kappa shape index (κ1) is 14.6. The predicted molar refractivity (Wildman–Crippen MR) is 85.5 cm³/mol. The van der Waals surface area contributed by atoms with Crippen LogP contribution in [0.15, 0.2) is 18.2 Å². The Kier molecular flexibility index (Phi) is 5.01. The number of hydrogen-bond acceptors (Lipinski definition) is 3. The molecule has 1 saturated carbocycles. The second-order valence-corrected chi connectivity index (χ2v) is 6.62. The molecule has 4 nitrogen and oxygen atoms in total. The van der Waals surface area contributed by atoms with Gasteiger partial charge >= 0.3 is 0 Å². The van der Waals surface area contributed by atoms with Crippen LogP contribution in [0.2, 0.25) is 0 Å². The summed E-state index contributed by atoms with van der Waals surface area (Å²) in [5.74, 6) is 0.776. The van der Waals surface area contributed by atoms with Gasteiger partial charge in [0.15, 0.2) is 0 Å². The van der Waals surface area contributed by atoms with Gasteiger partial charge in [0.1, 0.15) is 5.69 Å². The highest BCUT2D eigenvalue weighted by Gasteiger charge is 2.20. The van der Waals surface area contributed by atoms with E-state index < -0.39 is 0 Å². The molecule has 1 N–H and O–H groups in total. The number of nitrogens with zero attached hydrogens (tertiary/aromatic N) is 1. The highest BCUT2D eigenvalue weighted by molar-refractivity contribution is 14.1. The zero-order valence-corrected chi connectivity index (χ0v) is 13.2. The molecule has 0 amide bonds. The van der Waals surface area contributed by atoms with Crippen LogP contribution >= 0.6 is 22.6 Å². The smallest absolute Gasteiger partial charge is 0.293 e. The molecule has 104 valence electrons. The van der Waals surface area contributed by atoms with Gasteiger partial charge in [-0.05, 0) is 59.9 Å². The number of rotatable bonds is 3. The van der Waals surface area contributed by atoms with E-state index in [1.54, 1.807) is 6.07 Å². The van der Waals surface area contributed by atoms with E-state index in [4.69, 9.17) is 0 Å². The quantitative estimate of drug-likeness (QED) is 0.365. The van der Waals surface area contributed by atoms with Gasteiger partial charge in [0.05, 0.1) is 4.92 Å². The van der Waals surface area contributed by atoms with E-state index in [9.17, 15) is 10.1 Å². The van der Waals surface area contributed by atoms with Crippen molar-refractivity contribution >= 4 is 34.0 Å². The van der Waals surface area contributed by atoms with Crippen molar-refractivity contribution in [3.8, 4) is 0 Å². The average Bonchev–Trinajstić information content (AvgIpc) is 2.56. The van der Waals surface area contributed by atoms with Crippen molar-refractivity contribution in [3.63, 3.8) is 0 Å². The minimum atomic E-state index is -0.302. The second-order valence-electron chi connectivity index (χ2n) is 5.37. The van der Waals surface area contributed by atoms with Gasteiger partial charge in [-0.2, -0.15) is 0 Å².